The van der Waals surface area contributed by atoms with Gasteiger partial charge in [0, 0.05) is 24.7 Å². The molecule has 102 valence electrons. The van der Waals surface area contributed by atoms with Gasteiger partial charge in [-0.3, -0.25) is 4.98 Å². The van der Waals surface area contributed by atoms with Crippen molar-refractivity contribution in [1.82, 2.24) is 4.98 Å². The highest BCUT2D eigenvalue weighted by Gasteiger charge is 2.41. The molecule has 1 aromatic carbocycles. The zero-order chi connectivity index (χ0) is 14.0. The third-order valence-corrected chi connectivity index (χ3v) is 4.14. The van der Waals surface area contributed by atoms with Crippen molar-refractivity contribution in [2.45, 2.75) is 19.3 Å². The Balaban J connectivity index is 1.92. The first-order valence-electron chi connectivity index (χ1n) is 6.91. The molecular formula is C16H17N3O. The van der Waals surface area contributed by atoms with Crippen LogP contribution in [0.25, 0.3) is 10.9 Å². The lowest BCUT2D eigenvalue weighted by Gasteiger charge is -2.17. The van der Waals surface area contributed by atoms with E-state index in [1.54, 1.807) is 6.20 Å². The number of anilines is 1. The summed E-state index contributed by atoms with van der Waals surface area (Å²) in [5, 5.41) is 22.8. The number of pyridine rings is 1. The van der Waals surface area contributed by atoms with Gasteiger partial charge in [0.05, 0.1) is 16.8 Å². The smallest absolute Gasteiger partial charge is 0.103 e. The third kappa shape index (κ3) is 2.33. The summed E-state index contributed by atoms with van der Waals surface area (Å²) >= 11 is 0. The third-order valence-electron chi connectivity index (χ3n) is 4.14. The van der Waals surface area contributed by atoms with Crippen molar-refractivity contribution >= 4 is 16.6 Å². The second kappa shape index (κ2) is 5.10. The molecule has 1 heterocycles. The van der Waals surface area contributed by atoms with Gasteiger partial charge in [-0.15, -0.1) is 0 Å². The Bertz CT molecular complexity index is 671. The van der Waals surface area contributed by atoms with E-state index in [0.717, 1.165) is 42.4 Å². The van der Waals surface area contributed by atoms with Crippen LogP contribution < -0.4 is 5.32 Å². The molecule has 4 nitrogen and oxygen atoms in total. The molecule has 0 aliphatic heterocycles. The van der Waals surface area contributed by atoms with Gasteiger partial charge in [0.1, 0.15) is 6.07 Å². The number of nitrogens with zero attached hydrogens (tertiary/aromatic N) is 2. The fraction of sp³-hybridized carbons (Fsp3) is 0.375. The first-order valence-corrected chi connectivity index (χ1v) is 6.91. The molecule has 0 saturated heterocycles. The van der Waals surface area contributed by atoms with Crippen LogP contribution in [0.4, 0.5) is 5.69 Å². The monoisotopic (exact) mass is 267 g/mol. The Morgan fingerprint density at radius 3 is 2.85 bits per heavy atom. The summed E-state index contributed by atoms with van der Waals surface area (Å²) in [7, 11) is 0. The molecule has 2 aromatic rings. The Hall–Kier alpha value is -2.12. The molecule has 3 rings (SSSR count). The summed E-state index contributed by atoms with van der Waals surface area (Å²) in [5.74, 6) is 0. The van der Waals surface area contributed by atoms with E-state index in [1.807, 2.05) is 24.3 Å². The van der Waals surface area contributed by atoms with E-state index < -0.39 is 0 Å². The summed E-state index contributed by atoms with van der Waals surface area (Å²) in [4.78, 5) is 4.31. The first kappa shape index (κ1) is 12.9. The topological polar surface area (TPSA) is 68.9 Å². The molecule has 1 fully saturated rings. The number of hydrogen-bond acceptors (Lipinski definition) is 4. The van der Waals surface area contributed by atoms with Crippen molar-refractivity contribution in [3.05, 3.63) is 36.0 Å². The summed E-state index contributed by atoms with van der Waals surface area (Å²) in [5.41, 5.74) is 2.54. The van der Waals surface area contributed by atoms with E-state index >= 15 is 0 Å². The van der Waals surface area contributed by atoms with Gasteiger partial charge in [0.25, 0.3) is 0 Å². The summed E-state index contributed by atoms with van der Waals surface area (Å²) in [6, 6.07) is 10.0. The number of para-hydroxylation sites is 1. The van der Waals surface area contributed by atoms with Gasteiger partial charge in [-0.1, -0.05) is 18.2 Å². The van der Waals surface area contributed by atoms with Crippen molar-refractivity contribution in [2.75, 3.05) is 18.5 Å². The van der Waals surface area contributed by atoms with E-state index in [-0.39, 0.29) is 12.0 Å². The standard InChI is InChI=1S/C16H17N3O/c17-9-12-10-18-14-4-2-1-3-13(14)15(12)19-11-16(5-6-16)7-8-20/h1-4,10,20H,5-8,11H2,(H,18,19). The van der Waals surface area contributed by atoms with Gasteiger partial charge in [-0.05, 0) is 30.7 Å². The zero-order valence-electron chi connectivity index (χ0n) is 11.3. The predicted molar refractivity (Wildman–Crippen MR) is 78.3 cm³/mol. The summed E-state index contributed by atoms with van der Waals surface area (Å²) in [6.07, 6.45) is 4.73. The highest BCUT2D eigenvalue weighted by Crippen LogP contribution is 2.48. The lowest BCUT2D eigenvalue weighted by Crippen LogP contribution is -2.17. The fourth-order valence-corrected chi connectivity index (χ4v) is 2.62. The molecule has 0 atom stereocenters. The molecular weight excluding hydrogens is 250 g/mol. The minimum Gasteiger partial charge on any atom is -0.396 e. The quantitative estimate of drug-likeness (QED) is 0.874. The van der Waals surface area contributed by atoms with Gasteiger partial charge in [-0.25, -0.2) is 0 Å². The molecule has 1 aromatic heterocycles. The van der Waals surface area contributed by atoms with Crippen molar-refractivity contribution < 1.29 is 5.11 Å². The van der Waals surface area contributed by atoms with E-state index in [2.05, 4.69) is 16.4 Å². The molecule has 0 unspecified atom stereocenters. The van der Waals surface area contributed by atoms with Crippen LogP contribution in [0, 0.1) is 16.7 Å². The van der Waals surface area contributed by atoms with Gasteiger partial charge in [0.15, 0.2) is 0 Å². The number of fused-ring (bicyclic) bond motifs is 1. The SMILES string of the molecule is N#Cc1cnc2ccccc2c1NCC1(CCO)CC1. The number of benzene rings is 1. The molecule has 1 aliphatic rings. The van der Waals surface area contributed by atoms with Crippen LogP contribution >= 0.6 is 0 Å². The lowest BCUT2D eigenvalue weighted by atomic mass is 10.0. The Morgan fingerprint density at radius 1 is 1.35 bits per heavy atom. The molecule has 0 spiro atoms. The maximum Gasteiger partial charge on any atom is 0.103 e. The van der Waals surface area contributed by atoms with E-state index in [9.17, 15) is 5.26 Å². The molecule has 1 aliphatic carbocycles. The molecule has 0 radical (unpaired) electrons. The molecule has 4 heteroatoms. The number of hydrogen-bond donors (Lipinski definition) is 2. The van der Waals surface area contributed by atoms with Crippen molar-refractivity contribution in [1.29, 1.82) is 5.26 Å². The molecule has 2 N–H and O–H groups in total. The molecule has 0 bridgehead atoms. The number of nitriles is 1. The van der Waals surface area contributed by atoms with E-state index in [0.29, 0.717) is 5.56 Å². The number of aliphatic hydroxyl groups excluding tert-OH is 1. The average Bonchev–Trinajstić information content (AvgIpc) is 3.25. The number of aliphatic hydroxyl groups is 1. The van der Waals surface area contributed by atoms with Crippen molar-refractivity contribution in [3.8, 4) is 6.07 Å². The predicted octanol–water partition coefficient (Wildman–Crippen LogP) is 2.68. The minimum absolute atomic E-state index is 0.214. The normalized spacial score (nSPS) is 15.8. The molecule has 0 amide bonds. The molecule has 1 saturated carbocycles. The van der Waals surface area contributed by atoms with Crippen LogP contribution in [0.1, 0.15) is 24.8 Å². The maximum absolute atomic E-state index is 9.26. The largest absolute Gasteiger partial charge is 0.396 e. The summed E-state index contributed by atoms with van der Waals surface area (Å²) in [6.45, 7) is 1.03. The van der Waals surface area contributed by atoms with Crippen LogP contribution in [0.2, 0.25) is 0 Å². The Labute approximate surface area is 118 Å². The maximum atomic E-state index is 9.26. The van der Waals surface area contributed by atoms with Crippen molar-refractivity contribution in [2.24, 2.45) is 5.41 Å². The zero-order valence-corrected chi connectivity index (χ0v) is 11.3. The fourth-order valence-electron chi connectivity index (χ4n) is 2.62. The van der Waals surface area contributed by atoms with Crippen LogP contribution in [-0.4, -0.2) is 23.2 Å². The lowest BCUT2D eigenvalue weighted by molar-refractivity contribution is 0.253. The second-order valence-corrected chi connectivity index (χ2v) is 5.50. The molecule has 20 heavy (non-hydrogen) atoms. The highest BCUT2D eigenvalue weighted by atomic mass is 16.3. The Morgan fingerprint density at radius 2 is 2.15 bits per heavy atom. The van der Waals surface area contributed by atoms with Crippen LogP contribution in [0.5, 0.6) is 0 Å². The van der Waals surface area contributed by atoms with E-state index in [4.69, 9.17) is 5.11 Å². The van der Waals surface area contributed by atoms with Crippen LogP contribution in [0.15, 0.2) is 30.5 Å². The number of nitrogens with one attached hydrogen (secondary N) is 1. The second-order valence-electron chi connectivity index (χ2n) is 5.50. The Kier molecular flexibility index (Phi) is 3.29. The van der Waals surface area contributed by atoms with Crippen LogP contribution in [-0.2, 0) is 0 Å². The highest BCUT2D eigenvalue weighted by molar-refractivity contribution is 5.93. The average molecular weight is 267 g/mol. The number of rotatable bonds is 5. The summed E-state index contributed by atoms with van der Waals surface area (Å²) < 4.78 is 0. The first-order chi connectivity index (χ1) is 9.78. The van der Waals surface area contributed by atoms with Crippen molar-refractivity contribution in [3.63, 3.8) is 0 Å². The van der Waals surface area contributed by atoms with E-state index in [1.165, 1.54) is 0 Å². The van der Waals surface area contributed by atoms with Gasteiger partial charge in [-0.2, -0.15) is 5.26 Å². The minimum atomic E-state index is 0.214. The van der Waals surface area contributed by atoms with Gasteiger partial charge >= 0.3 is 0 Å². The number of aromatic nitrogens is 1. The van der Waals surface area contributed by atoms with Crippen LogP contribution in [0.3, 0.4) is 0 Å². The van der Waals surface area contributed by atoms with Gasteiger partial charge in [0.2, 0.25) is 0 Å². The van der Waals surface area contributed by atoms with Gasteiger partial charge < -0.3 is 10.4 Å².